The van der Waals surface area contributed by atoms with Crippen LogP contribution in [0.15, 0.2) is 53.0 Å². The van der Waals surface area contributed by atoms with Crippen LogP contribution in [0.2, 0.25) is 0 Å². The molecule has 2 aromatic rings. The summed E-state index contributed by atoms with van der Waals surface area (Å²) in [6.45, 7) is 6.00. The lowest BCUT2D eigenvalue weighted by Crippen LogP contribution is -2.35. The van der Waals surface area contributed by atoms with E-state index in [4.69, 9.17) is 0 Å². The van der Waals surface area contributed by atoms with Gasteiger partial charge in [-0.3, -0.25) is 0 Å². The molecule has 0 radical (unpaired) electrons. The van der Waals surface area contributed by atoms with E-state index in [9.17, 15) is 0 Å². The van der Waals surface area contributed by atoms with Gasteiger partial charge in [-0.1, -0.05) is 46.3 Å². The van der Waals surface area contributed by atoms with Gasteiger partial charge in [-0.2, -0.15) is 0 Å². The second kappa shape index (κ2) is 7.51. The zero-order valence-corrected chi connectivity index (χ0v) is 16.5. The first kappa shape index (κ1) is 17.1. The number of benzene rings is 2. The average Bonchev–Trinajstić information content (AvgIpc) is 2.96. The van der Waals surface area contributed by atoms with Crippen LogP contribution in [0.5, 0.6) is 0 Å². The molecule has 0 aromatic heterocycles. The highest BCUT2D eigenvalue weighted by molar-refractivity contribution is 9.10. The Balaban J connectivity index is 1.32. The molecule has 2 heterocycles. The molecule has 1 fully saturated rings. The lowest BCUT2D eigenvalue weighted by molar-refractivity contribution is 0.204. The predicted molar refractivity (Wildman–Crippen MR) is 109 cm³/mol. The van der Waals surface area contributed by atoms with Crippen molar-refractivity contribution in [1.29, 1.82) is 0 Å². The van der Waals surface area contributed by atoms with Crippen molar-refractivity contribution < 1.29 is 0 Å². The van der Waals surface area contributed by atoms with Crippen LogP contribution in [0, 0.1) is 0 Å². The number of piperidine rings is 1. The molecule has 2 unspecified atom stereocenters. The van der Waals surface area contributed by atoms with E-state index in [-0.39, 0.29) is 0 Å². The van der Waals surface area contributed by atoms with Crippen molar-refractivity contribution in [1.82, 2.24) is 4.90 Å². The van der Waals surface area contributed by atoms with Crippen LogP contribution < -0.4 is 5.32 Å². The Bertz CT molecular complexity index is 707. The third kappa shape index (κ3) is 3.78. The van der Waals surface area contributed by atoms with Gasteiger partial charge in [0, 0.05) is 22.1 Å². The van der Waals surface area contributed by atoms with Gasteiger partial charge in [0.25, 0.3) is 0 Å². The van der Waals surface area contributed by atoms with Crippen LogP contribution in [0.1, 0.15) is 49.1 Å². The predicted octanol–water partition coefficient (Wildman–Crippen LogP) is 5.62. The van der Waals surface area contributed by atoms with Gasteiger partial charge in [0.2, 0.25) is 0 Å². The normalized spacial score (nSPS) is 24.1. The number of fused-ring (bicyclic) bond motifs is 1. The van der Waals surface area contributed by atoms with Crippen molar-refractivity contribution >= 4 is 21.6 Å². The summed E-state index contributed by atoms with van der Waals surface area (Å²) in [7, 11) is 0. The van der Waals surface area contributed by atoms with Crippen molar-refractivity contribution in [2.45, 2.75) is 44.1 Å². The SMILES string of the molecule is CC1Nc2ccc(Br)cc2C1CCN1CCC(c2ccccc2)CC1. The number of rotatable bonds is 4. The molecule has 2 atom stereocenters. The van der Waals surface area contributed by atoms with Gasteiger partial charge in [-0.15, -0.1) is 0 Å². The first-order chi connectivity index (χ1) is 12.2. The first-order valence-corrected chi connectivity index (χ1v) is 10.3. The fourth-order valence-electron chi connectivity index (χ4n) is 4.53. The number of likely N-dealkylation sites (tertiary alicyclic amines) is 1. The molecule has 25 heavy (non-hydrogen) atoms. The maximum atomic E-state index is 3.65. The molecule has 132 valence electrons. The highest BCUT2D eigenvalue weighted by atomic mass is 79.9. The summed E-state index contributed by atoms with van der Waals surface area (Å²) >= 11 is 3.63. The van der Waals surface area contributed by atoms with E-state index in [0.717, 1.165) is 5.92 Å². The lowest BCUT2D eigenvalue weighted by atomic mass is 9.88. The van der Waals surface area contributed by atoms with Crippen molar-refractivity contribution in [2.24, 2.45) is 0 Å². The Kier molecular flexibility index (Phi) is 5.14. The summed E-state index contributed by atoms with van der Waals surface area (Å²) in [5, 5.41) is 3.65. The van der Waals surface area contributed by atoms with Gasteiger partial charge in [-0.05, 0) is 81.1 Å². The summed E-state index contributed by atoms with van der Waals surface area (Å²) in [6, 6.07) is 18.2. The van der Waals surface area contributed by atoms with E-state index in [2.05, 4.69) is 81.6 Å². The minimum atomic E-state index is 0.533. The molecule has 1 N–H and O–H groups in total. The van der Waals surface area contributed by atoms with Crippen LogP contribution in [0.25, 0.3) is 0 Å². The molecule has 0 bridgehead atoms. The Hall–Kier alpha value is -1.32. The van der Waals surface area contributed by atoms with Crippen LogP contribution in [-0.2, 0) is 0 Å². The second-order valence-corrected chi connectivity index (χ2v) is 8.50. The average molecular weight is 399 g/mol. The van der Waals surface area contributed by atoms with E-state index in [1.165, 1.54) is 60.2 Å². The zero-order chi connectivity index (χ0) is 17.2. The zero-order valence-electron chi connectivity index (χ0n) is 14.9. The molecular formula is C22H27BrN2. The van der Waals surface area contributed by atoms with E-state index in [1.54, 1.807) is 0 Å². The summed E-state index contributed by atoms with van der Waals surface area (Å²) in [4.78, 5) is 2.67. The Morgan fingerprint density at radius 1 is 1.08 bits per heavy atom. The van der Waals surface area contributed by atoms with E-state index in [1.807, 2.05) is 0 Å². The minimum Gasteiger partial charge on any atom is -0.382 e. The van der Waals surface area contributed by atoms with Crippen LogP contribution in [-0.4, -0.2) is 30.6 Å². The van der Waals surface area contributed by atoms with Crippen molar-refractivity contribution in [3.05, 3.63) is 64.1 Å². The molecule has 1 saturated heterocycles. The molecule has 2 aliphatic rings. The van der Waals surface area contributed by atoms with E-state index >= 15 is 0 Å². The summed E-state index contributed by atoms with van der Waals surface area (Å²) in [5.74, 6) is 1.38. The van der Waals surface area contributed by atoms with E-state index in [0.29, 0.717) is 12.0 Å². The van der Waals surface area contributed by atoms with Gasteiger partial charge < -0.3 is 10.2 Å². The quantitative estimate of drug-likeness (QED) is 0.718. The number of nitrogens with one attached hydrogen (secondary N) is 1. The van der Waals surface area contributed by atoms with Crippen molar-refractivity contribution in [3.63, 3.8) is 0 Å². The third-order valence-corrected chi connectivity index (χ3v) is 6.51. The fraction of sp³-hybridized carbons (Fsp3) is 0.455. The number of hydrogen-bond acceptors (Lipinski definition) is 2. The Morgan fingerprint density at radius 2 is 1.84 bits per heavy atom. The van der Waals surface area contributed by atoms with Crippen LogP contribution >= 0.6 is 15.9 Å². The largest absolute Gasteiger partial charge is 0.382 e. The van der Waals surface area contributed by atoms with Crippen LogP contribution in [0.3, 0.4) is 0 Å². The summed E-state index contributed by atoms with van der Waals surface area (Å²) in [5.41, 5.74) is 4.33. The molecule has 2 nitrogen and oxygen atoms in total. The Labute approximate surface area is 159 Å². The van der Waals surface area contributed by atoms with E-state index < -0.39 is 0 Å². The highest BCUT2D eigenvalue weighted by Crippen LogP contribution is 2.39. The fourth-order valence-corrected chi connectivity index (χ4v) is 4.91. The standard InChI is InChI=1S/C22H27BrN2/c1-16-20(21-15-19(23)7-8-22(21)24-16)11-14-25-12-9-18(10-13-25)17-5-3-2-4-6-17/h2-8,15-16,18,20,24H,9-14H2,1H3. The molecule has 3 heteroatoms. The first-order valence-electron chi connectivity index (χ1n) is 9.54. The molecule has 0 amide bonds. The second-order valence-electron chi connectivity index (χ2n) is 7.59. The topological polar surface area (TPSA) is 15.3 Å². The minimum absolute atomic E-state index is 0.533. The molecule has 2 aliphatic heterocycles. The van der Waals surface area contributed by atoms with Gasteiger partial charge in [0.05, 0.1) is 0 Å². The smallest absolute Gasteiger partial charge is 0.0379 e. The van der Waals surface area contributed by atoms with Gasteiger partial charge in [0.15, 0.2) is 0 Å². The van der Waals surface area contributed by atoms with Gasteiger partial charge in [0.1, 0.15) is 0 Å². The number of hydrogen-bond donors (Lipinski definition) is 1. The highest BCUT2D eigenvalue weighted by Gasteiger charge is 2.30. The molecule has 0 spiro atoms. The third-order valence-electron chi connectivity index (χ3n) is 6.01. The monoisotopic (exact) mass is 398 g/mol. The Morgan fingerprint density at radius 3 is 2.60 bits per heavy atom. The maximum Gasteiger partial charge on any atom is 0.0379 e. The van der Waals surface area contributed by atoms with Crippen molar-refractivity contribution in [3.8, 4) is 0 Å². The number of halogens is 1. The summed E-state index contributed by atoms with van der Waals surface area (Å²) < 4.78 is 1.19. The molecule has 0 aliphatic carbocycles. The number of nitrogens with zero attached hydrogens (tertiary/aromatic N) is 1. The number of anilines is 1. The van der Waals surface area contributed by atoms with Gasteiger partial charge >= 0.3 is 0 Å². The summed E-state index contributed by atoms with van der Waals surface area (Å²) in [6.07, 6.45) is 3.84. The lowest BCUT2D eigenvalue weighted by Gasteiger charge is -2.33. The molecule has 2 aromatic carbocycles. The molecule has 0 saturated carbocycles. The maximum absolute atomic E-state index is 3.65. The van der Waals surface area contributed by atoms with Gasteiger partial charge in [-0.25, -0.2) is 0 Å². The van der Waals surface area contributed by atoms with Crippen molar-refractivity contribution in [2.75, 3.05) is 25.0 Å². The molecule has 4 rings (SSSR count). The molecular weight excluding hydrogens is 372 g/mol. The van der Waals surface area contributed by atoms with Crippen LogP contribution in [0.4, 0.5) is 5.69 Å².